The third-order valence-corrected chi connectivity index (χ3v) is 4.58. The van der Waals surface area contributed by atoms with E-state index in [1.165, 1.54) is 103 Å². The minimum atomic E-state index is 0.771. The Labute approximate surface area is 135 Å². The van der Waals surface area contributed by atoms with Crippen molar-refractivity contribution in [3.8, 4) is 0 Å². The normalized spacial score (nSPS) is 12.7. The molecule has 0 aromatic carbocycles. The molecule has 1 atom stereocenters. The van der Waals surface area contributed by atoms with Crippen LogP contribution in [0.2, 0.25) is 0 Å². The molecule has 0 aliphatic rings. The maximum absolute atomic E-state index is 3.66. The van der Waals surface area contributed by atoms with E-state index in [0.717, 1.165) is 6.04 Å². The van der Waals surface area contributed by atoms with Crippen LogP contribution in [0.1, 0.15) is 117 Å². The van der Waals surface area contributed by atoms with Gasteiger partial charge in [-0.3, -0.25) is 0 Å². The molecule has 1 nitrogen and oxygen atoms in total. The fraction of sp³-hybridized carbons (Fsp3) is 1.00. The first-order valence-corrected chi connectivity index (χ1v) is 10.1. The first kappa shape index (κ1) is 21.0. The lowest BCUT2D eigenvalue weighted by Crippen LogP contribution is -2.28. The highest BCUT2D eigenvalue weighted by Crippen LogP contribution is 2.13. The molecule has 128 valence electrons. The predicted octanol–water partition coefficient (Wildman–Crippen LogP) is 6.86. The van der Waals surface area contributed by atoms with Gasteiger partial charge in [-0.1, -0.05) is 97.8 Å². The van der Waals surface area contributed by atoms with E-state index in [0.29, 0.717) is 0 Å². The van der Waals surface area contributed by atoms with E-state index in [4.69, 9.17) is 0 Å². The smallest absolute Gasteiger partial charge is 0.00644 e. The molecule has 0 aromatic rings. The zero-order valence-electron chi connectivity index (χ0n) is 15.4. The van der Waals surface area contributed by atoms with Crippen LogP contribution in [-0.4, -0.2) is 12.6 Å². The van der Waals surface area contributed by atoms with Crippen molar-refractivity contribution in [2.75, 3.05) is 6.54 Å². The summed E-state index contributed by atoms with van der Waals surface area (Å²) in [4.78, 5) is 0. The molecule has 1 N–H and O–H groups in total. The first-order valence-electron chi connectivity index (χ1n) is 10.1. The van der Waals surface area contributed by atoms with E-state index >= 15 is 0 Å². The molecule has 0 rings (SSSR count). The van der Waals surface area contributed by atoms with Crippen LogP contribution in [0.15, 0.2) is 0 Å². The van der Waals surface area contributed by atoms with Gasteiger partial charge >= 0.3 is 0 Å². The van der Waals surface area contributed by atoms with Gasteiger partial charge in [-0.2, -0.15) is 0 Å². The molecule has 0 heterocycles. The Bertz CT molecular complexity index is 179. The number of unbranched alkanes of at least 4 members (excludes halogenated alkanes) is 11. The standard InChI is InChI=1S/C20H43N/c1-4-7-8-9-10-11-12-13-14-15-16-17-18-20(6-3)21-19-5-2/h20-21H,4-19H2,1-3H3. The van der Waals surface area contributed by atoms with Gasteiger partial charge in [0.1, 0.15) is 0 Å². The summed E-state index contributed by atoms with van der Waals surface area (Å²) < 4.78 is 0. The lowest BCUT2D eigenvalue weighted by Gasteiger charge is -2.16. The zero-order valence-corrected chi connectivity index (χ0v) is 15.4. The summed E-state index contributed by atoms with van der Waals surface area (Å²) in [7, 11) is 0. The molecule has 0 aromatic heterocycles. The molecule has 0 bridgehead atoms. The largest absolute Gasteiger partial charge is 0.314 e. The van der Waals surface area contributed by atoms with Crippen LogP contribution < -0.4 is 5.32 Å². The molecule has 0 saturated carbocycles. The lowest BCUT2D eigenvalue weighted by atomic mass is 10.0. The second-order valence-electron chi connectivity index (χ2n) is 6.74. The Balaban J connectivity index is 3.14. The first-order chi connectivity index (χ1) is 10.3. The summed E-state index contributed by atoms with van der Waals surface area (Å²) in [6.45, 7) is 8.05. The Morgan fingerprint density at radius 1 is 0.571 bits per heavy atom. The molecule has 0 radical (unpaired) electrons. The van der Waals surface area contributed by atoms with Gasteiger partial charge in [-0.05, 0) is 25.8 Å². The van der Waals surface area contributed by atoms with Crippen molar-refractivity contribution in [3.05, 3.63) is 0 Å². The van der Waals surface area contributed by atoms with E-state index in [9.17, 15) is 0 Å². The van der Waals surface area contributed by atoms with Gasteiger partial charge in [0.05, 0.1) is 0 Å². The van der Waals surface area contributed by atoms with Gasteiger partial charge in [0, 0.05) is 6.04 Å². The molecular weight excluding hydrogens is 254 g/mol. The van der Waals surface area contributed by atoms with Gasteiger partial charge in [0.25, 0.3) is 0 Å². The van der Waals surface area contributed by atoms with Crippen molar-refractivity contribution in [2.45, 2.75) is 123 Å². The Hall–Kier alpha value is -0.0400. The zero-order chi connectivity index (χ0) is 15.6. The molecule has 0 fully saturated rings. The molecule has 0 spiro atoms. The lowest BCUT2D eigenvalue weighted by molar-refractivity contribution is 0.441. The van der Waals surface area contributed by atoms with E-state index < -0.39 is 0 Å². The Morgan fingerprint density at radius 2 is 1.05 bits per heavy atom. The summed E-state index contributed by atoms with van der Waals surface area (Å²) in [5.41, 5.74) is 0. The van der Waals surface area contributed by atoms with Crippen molar-refractivity contribution < 1.29 is 0 Å². The second kappa shape index (κ2) is 18.0. The van der Waals surface area contributed by atoms with E-state index in [1.807, 2.05) is 0 Å². The highest BCUT2D eigenvalue weighted by Gasteiger charge is 2.03. The predicted molar refractivity (Wildman–Crippen MR) is 98.1 cm³/mol. The minimum Gasteiger partial charge on any atom is -0.314 e. The molecule has 1 heteroatoms. The van der Waals surface area contributed by atoms with E-state index in [1.54, 1.807) is 0 Å². The highest BCUT2D eigenvalue weighted by atomic mass is 14.9. The molecular formula is C20H43N. The van der Waals surface area contributed by atoms with Gasteiger partial charge in [-0.25, -0.2) is 0 Å². The van der Waals surface area contributed by atoms with Crippen molar-refractivity contribution in [2.24, 2.45) is 0 Å². The summed E-state index contributed by atoms with van der Waals surface area (Å²) in [6, 6.07) is 0.771. The number of hydrogen-bond acceptors (Lipinski definition) is 1. The minimum absolute atomic E-state index is 0.771. The molecule has 0 saturated heterocycles. The van der Waals surface area contributed by atoms with Crippen molar-refractivity contribution in [1.29, 1.82) is 0 Å². The van der Waals surface area contributed by atoms with Crippen LogP contribution in [0.5, 0.6) is 0 Å². The molecule has 1 unspecified atom stereocenters. The van der Waals surface area contributed by atoms with E-state index in [2.05, 4.69) is 26.1 Å². The number of hydrogen-bond donors (Lipinski definition) is 1. The molecule has 0 aliphatic heterocycles. The van der Waals surface area contributed by atoms with Crippen LogP contribution in [-0.2, 0) is 0 Å². The average Bonchev–Trinajstić information content (AvgIpc) is 2.51. The topological polar surface area (TPSA) is 12.0 Å². The maximum atomic E-state index is 3.66. The van der Waals surface area contributed by atoms with Crippen LogP contribution in [0.25, 0.3) is 0 Å². The monoisotopic (exact) mass is 297 g/mol. The Morgan fingerprint density at radius 3 is 1.48 bits per heavy atom. The summed E-state index contributed by atoms with van der Waals surface area (Å²) in [5.74, 6) is 0. The van der Waals surface area contributed by atoms with Crippen LogP contribution in [0.4, 0.5) is 0 Å². The van der Waals surface area contributed by atoms with Crippen molar-refractivity contribution in [1.82, 2.24) is 5.32 Å². The summed E-state index contributed by atoms with van der Waals surface area (Å²) >= 11 is 0. The van der Waals surface area contributed by atoms with Crippen LogP contribution in [0, 0.1) is 0 Å². The summed E-state index contributed by atoms with van der Waals surface area (Å²) in [5, 5.41) is 3.66. The Kier molecular flexibility index (Phi) is 18.0. The highest BCUT2D eigenvalue weighted by molar-refractivity contribution is 4.64. The average molecular weight is 298 g/mol. The third-order valence-electron chi connectivity index (χ3n) is 4.58. The quantitative estimate of drug-likeness (QED) is 0.289. The second-order valence-corrected chi connectivity index (χ2v) is 6.74. The SMILES string of the molecule is CCCCCCCCCCCCCCC(CC)NCCC. The van der Waals surface area contributed by atoms with Crippen molar-refractivity contribution in [3.63, 3.8) is 0 Å². The number of rotatable bonds is 17. The molecule has 0 amide bonds. The fourth-order valence-electron chi connectivity index (χ4n) is 3.03. The third kappa shape index (κ3) is 16.2. The maximum Gasteiger partial charge on any atom is 0.00644 e. The van der Waals surface area contributed by atoms with Crippen LogP contribution >= 0.6 is 0 Å². The molecule has 0 aliphatic carbocycles. The van der Waals surface area contributed by atoms with Gasteiger partial charge in [-0.15, -0.1) is 0 Å². The van der Waals surface area contributed by atoms with Gasteiger partial charge < -0.3 is 5.32 Å². The van der Waals surface area contributed by atoms with Crippen molar-refractivity contribution >= 4 is 0 Å². The fourth-order valence-corrected chi connectivity index (χ4v) is 3.03. The molecule has 21 heavy (non-hydrogen) atoms. The van der Waals surface area contributed by atoms with Gasteiger partial charge in [0.2, 0.25) is 0 Å². The van der Waals surface area contributed by atoms with E-state index in [-0.39, 0.29) is 0 Å². The van der Waals surface area contributed by atoms with Gasteiger partial charge in [0.15, 0.2) is 0 Å². The van der Waals surface area contributed by atoms with Crippen LogP contribution in [0.3, 0.4) is 0 Å². The number of nitrogens with one attached hydrogen (secondary N) is 1. The summed E-state index contributed by atoms with van der Waals surface area (Å²) in [6.07, 6.45) is 21.4.